The molecule has 0 fully saturated rings. The maximum absolute atomic E-state index is 0. The fraction of sp³-hybridized carbons (Fsp3) is 0. The van der Waals surface area contributed by atoms with Gasteiger partial charge >= 0.3 is 62.2 Å². The zero-order valence-corrected chi connectivity index (χ0v) is 10.1. The second-order valence-corrected chi connectivity index (χ2v) is 0. The molecule has 0 amide bonds. The summed E-state index contributed by atoms with van der Waals surface area (Å²) in [6, 6.07) is 0. The summed E-state index contributed by atoms with van der Waals surface area (Å²) < 4.78 is 0. The molecule has 0 atom stereocenters. The molecular formula is H8AlAuCaSb. The molecule has 0 spiro atoms. The van der Waals surface area contributed by atoms with E-state index < -0.39 is 0 Å². The predicted octanol–water partition coefficient (Wildman–Crippen LogP) is -2.53. The molecule has 0 heterocycles. The van der Waals surface area contributed by atoms with Gasteiger partial charge in [-0.05, 0) is 0 Å². The molecular weight excluding hydrogens is 386 g/mol. The second-order valence-electron chi connectivity index (χ2n) is 0. The van der Waals surface area contributed by atoms with Crippen LogP contribution in [0, 0.1) is 0 Å². The first-order valence-electron chi connectivity index (χ1n) is 0. The summed E-state index contributed by atoms with van der Waals surface area (Å²) in [5.74, 6) is 0. The van der Waals surface area contributed by atoms with Crippen LogP contribution >= 0.6 is 0 Å². The van der Waals surface area contributed by atoms with Gasteiger partial charge in [-0.15, -0.1) is 0 Å². The quantitative estimate of drug-likeness (QED) is 0.398. The van der Waals surface area contributed by atoms with Crippen LogP contribution in [-0.4, -0.2) is 79.5 Å². The van der Waals surface area contributed by atoms with E-state index >= 15 is 0 Å². The Bertz CT molecular complexity index is 13.5. The Morgan fingerprint density at radius 3 is 1.25 bits per heavy atom. The molecule has 0 nitrogen and oxygen atoms in total. The Labute approximate surface area is 103 Å². The third kappa shape index (κ3) is 9.02. The fourth-order valence-electron chi connectivity index (χ4n) is 0. The molecule has 0 aliphatic carbocycles. The predicted molar refractivity (Wildman–Crippen MR) is 27.9 cm³/mol. The van der Waals surface area contributed by atoms with Crippen LogP contribution in [0.15, 0.2) is 0 Å². The van der Waals surface area contributed by atoms with Gasteiger partial charge in [-0.3, -0.25) is 0 Å². The fourth-order valence-corrected chi connectivity index (χ4v) is 0. The SMILES string of the molecule is [AlH3].[Au].[Ca+2].[H-].[H-].[SbH3]. The zero-order valence-electron chi connectivity index (χ0n) is 3.72. The van der Waals surface area contributed by atoms with E-state index in [1.54, 1.807) is 0 Å². The molecule has 0 aliphatic heterocycles. The molecule has 0 saturated heterocycles. The Hall–Kier alpha value is 3.35. The second kappa shape index (κ2) is 16.2. The van der Waals surface area contributed by atoms with Crippen molar-refractivity contribution in [1.82, 2.24) is 0 Å². The summed E-state index contributed by atoms with van der Waals surface area (Å²) in [7, 11) is 0. The monoisotopic (exact) mass is 393 g/mol. The average Bonchev–Trinajstić information content (AvgIpc) is 0. The van der Waals surface area contributed by atoms with Gasteiger partial charge in [-0.2, -0.15) is 0 Å². The van der Waals surface area contributed by atoms with Gasteiger partial charge in [0.1, 0.15) is 0 Å². The maximum atomic E-state index is 0. The van der Waals surface area contributed by atoms with Gasteiger partial charge in [0.25, 0.3) is 0 Å². The van der Waals surface area contributed by atoms with E-state index in [2.05, 4.69) is 0 Å². The first-order valence-corrected chi connectivity index (χ1v) is 0. The van der Waals surface area contributed by atoms with E-state index in [4.69, 9.17) is 0 Å². The van der Waals surface area contributed by atoms with Crippen LogP contribution in [-0.2, 0) is 22.4 Å². The van der Waals surface area contributed by atoms with Crippen LogP contribution in [0.4, 0.5) is 0 Å². The number of hydrogen-bond donors (Lipinski definition) is 0. The van der Waals surface area contributed by atoms with Crippen LogP contribution < -0.4 is 0 Å². The van der Waals surface area contributed by atoms with Crippen LogP contribution in [0.5, 0.6) is 0 Å². The standard InChI is InChI=1S/Al.Au.Ca.Sb.8H/q;;+2;;;;;;;;2*-1. The van der Waals surface area contributed by atoms with Crippen molar-refractivity contribution < 1.29 is 25.2 Å². The van der Waals surface area contributed by atoms with Gasteiger partial charge in [-0.25, -0.2) is 0 Å². The molecule has 0 aromatic carbocycles. The van der Waals surface area contributed by atoms with E-state index in [-0.39, 0.29) is 105 Å². The van der Waals surface area contributed by atoms with Gasteiger partial charge < -0.3 is 2.85 Å². The summed E-state index contributed by atoms with van der Waals surface area (Å²) >= 11 is 0. The van der Waals surface area contributed by atoms with Crippen LogP contribution in [0.2, 0.25) is 0 Å². The van der Waals surface area contributed by atoms with E-state index in [1.165, 1.54) is 0 Å². The summed E-state index contributed by atoms with van der Waals surface area (Å²) in [6.07, 6.45) is 0. The summed E-state index contributed by atoms with van der Waals surface area (Å²) in [5.41, 5.74) is 0. The third-order valence-corrected chi connectivity index (χ3v) is 0. The van der Waals surface area contributed by atoms with Crippen LogP contribution in [0.25, 0.3) is 0 Å². The average molecular weight is 394 g/mol. The molecule has 0 bridgehead atoms. The van der Waals surface area contributed by atoms with Crippen molar-refractivity contribution in [3.63, 3.8) is 0 Å². The first kappa shape index (κ1) is 26.4. The third-order valence-electron chi connectivity index (χ3n) is 0. The number of rotatable bonds is 0. The molecule has 0 aromatic heterocycles. The van der Waals surface area contributed by atoms with E-state index in [0.29, 0.717) is 0 Å². The van der Waals surface area contributed by atoms with Crippen LogP contribution in [0.1, 0.15) is 2.85 Å². The Kier molecular flexibility index (Phi) is 107. The van der Waals surface area contributed by atoms with Gasteiger partial charge in [0.2, 0.25) is 0 Å². The van der Waals surface area contributed by atoms with Gasteiger partial charge in [-0.1, -0.05) is 0 Å². The van der Waals surface area contributed by atoms with E-state index in [9.17, 15) is 0 Å². The normalized spacial score (nSPS) is 0. The van der Waals surface area contributed by atoms with Crippen molar-refractivity contribution in [2.45, 2.75) is 0 Å². The van der Waals surface area contributed by atoms with Gasteiger partial charge in [0.05, 0.1) is 0 Å². The summed E-state index contributed by atoms with van der Waals surface area (Å²) in [6.45, 7) is 0. The molecule has 4 heteroatoms. The molecule has 0 rings (SSSR count). The topological polar surface area (TPSA) is 0 Å². The molecule has 0 saturated carbocycles. The Morgan fingerprint density at radius 2 is 1.25 bits per heavy atom. The van der Waals surface area contributed by atoms with Gasteiger partial charge in [0.15, 0.2) is 17.4 Å². The molecule has 0 N–H and O–H groups in total. The van der Waals surface area contributed by atoms with Gasteiger partial charge in [0, 0.05) is 22.4 Å². The van der Waals surface area contributed by atoms with E-state index in [0.717, 1.165) is 0 Å². The van der Waals surface area contributed by atoms with Crippen molar-refractivity contribution in [3.8, 4) is 0 Å². The minimum absolute atomic E-state index is 0. The van der Waals surface area contributed by atoms with Crippen molar-refractivity contribution in [2.75, 3.05) is 0 Å². The van der Waals surface area contributed by atoms with Crippen molar-refractivity contribution in [2.24, 2.45) is 0 Å². The molecule has 4 heavy (non-hydrogen) atoms. The Morgan fingerprint density at radius 1 is 1.25 bits per heavy atom. The van der Waals surface area contributed by atoms with Crippen molar-refractivity contribution >= 4 is 79.5 Å². The van der Waals surface area contributed by atoms with Crippen molar-refractivity contribution in [1.29, 1.82) is 0 Å². The molecule has 1 radical (unpaired) electrons. The Balaban J connectivity index is 0. The summed E-state index contributed by atoms with van der Waals surface area (Å²) in [4.78, 5) is 0. The minimum atomic E-state index is 0. The molecule has 0 aliphatic rings. The number of hydrogen-bond acceptors (Lipinski definition) is 0. The van der Waals surface area contributed by atoms with Crippen LogP contribution in [0.3, 0.4) is 0 Å². The van der Waals surface area contributed by atoms with E-state index in [1.807, 2.05) is 0 Å². The molecule has 29 valence electrons. The molecule has 0 unspecified atom stereocenters. The zero-order chi connectivity index (χ0) is 0. The van der Waals surface area contributed by atoms with Crippen molar-refractivity contribution in [3.05, 3.63) is 0 Å². The molecule has 0 aromatic rings. The summed E-state index contributed by atoms with van der Waals surface area (Å²) in [5, 5.41) is 0. The first-order chi connectivity index (χ1) is 0.